The van der Waals surface area contributed by atoms with Gasteiger partial charge in [0, 0.05) is 17.2 Å². The van der Waals surface area contributed by atoms with Crippen molar-refractivity contribution in [3.63, 3.8) is 0 Å². The minimum atomic E-state index is -0.211. The molecular weight excluding hydrogens is 471 g/mol. The zero-order valence-corrected chi connectivity index (χ0v) is 19.7. The van der Waals surface area contributed by atoms with Crippen LogP contribution in [0.25, 0.3) is 11.4 Å². The normalized spacial score (nSPS) is 15.7. The molecule has 7 nitrogen and oxygen atoms in total. The van der Waals surface area contributed by atoms with Crippen LogP contribution in [0.1, 0.15) is 12.8 Å². The molecule has 2 heterocycles. The van der Waals surface area contributed by atoms with Gasteiger partial charge >= 0.3 is 0 Å². The summed E-state index contributed by atoms with van der Waals surface area (Å²) in [6, 6.07) is 12.6. The summed E-state index contributed by atoms with van der Waals surface area (Å²) < 4.78 is 13.1. The molecule has 32 heavy (non-hydrogen) atoms. The van der Waals surface area contributed by atoms with Crippen LogP contribution >= 0.6 is 35.0 Å². The quantitative estimate of drug-likeness (QED) is 0.437. The average molecular weight is 493 g/mol. The summed E-state index contributed by atoms with van der Waals surface area (Å²) in [6.07, 6.45) is 2.12. The monoisotopic (exact) mass is 492 g/mol. The van der Waals surface area contributed by atoms with E-state index in [1.54, 1.807) is 25.3 Å². The number of hydrogen-bond donors (Lipinski definition) is 1. The van der Waals surface area contributed by atoms with E-state index in [0.29, 0.717) is 27.4 Å². The van der Waals surface area contributed by atoms with Crippen LogP contribution in [0.2, 0.25) is 10.0 Å². The Morgan fingerprint density at radius 1 is 1.25 bits per heavy atom. The fraction of sp³-hybridized carbons (Fsp3) is 0.318. The van der Waals surface area contributed by atoms with E-state index in [4.69, 9.17) is 32.7 Å². The summed E-state index contributed by atoms with van der Waals surface area (Å²) in [5, 5.41) is 13.1. The van der Waals surface area contributed by atoms with Crippen LogP contribution in [0.15, 0.2) is 47.6 Å². The number of hydrogen-bond acceptors (Lipinski definition) is 6. The van der Waals surface area contributed by atoms with Gasteiger partial charge in [0.1, 0.15) is 5.75 Å². The maximum Gasteiger partial charge on any atom is 0.234 e. The van der Waals surface area contributed by atoms with E-state index in [9.17, 15) is 4.79 Å². The average Bonchev–Trinajstić information content (AvgIpc) is 3.45. The van der Waals surface area contributed by atoms with Crippen LogP contribution < -0.4 is 10.1 Å². The predicted octanol–water partition coefficient (Wildman–Crippen LogP) is 5.17. The molecule has 10 heteroatoms. The second-order valence-corrected chi connectivity index (χ2v) is 9.03. The van der Waals surface area contributed by atoms with Gasteiger partial charge in [-0.2, -0.15) is 0 Å². The van der Waals surface area contributed by atoms with E-state index < -0.39 is 0 Å². The number of methoxy groups -OCH3 is 1. The molecule has 1 N–H and O–H groups in total. The number of nitrogens with one attached hydrogen (secondary N) is 1. The lowest BCUT2D eigenvalue weighted by Crippen LogP contribution is -2.18. The van der Waals surface area contributed by atoms with E-state index in [-0.39, 0.29) is 17.8 Å². The molecule has 0 bridgehead atoms. The number of rotatable bonds is 8. The van der Waals surface area contributed by atoms with E-state index in [1.807, 2.05) is 28.8 Å². The number of benzene rings is 2. The molecule has 168 valence electrons. The van der Waals surface area contributed by atoms with Crippen molar-refractivity contribution >= 4 is 46.6 Å². The Kier molecular flexibility index (Phi) is 7.57. The van der Waals surface area contributed by atoms with E-state index in [1.165, 1.54) is 11.8 Å². The van der Waals surface area contributed by atoms with E-state index in [2.05, 4.69) is 15.5 Å². The Hall–Kier alpha value is -2.26. The van der Waals surface area contributed by atoms with Crippen molar-refractivity contribution in [1.29, 1.82) is 0 Å². The lowest BCUT2D eigenvalue weighted by Gasteiger charge is -2.15. The van der Waals surface area contributed by atoms with Gasteiger partial charge in [-0.15, -0.1) is 10.2 Å². The van der Waals surface area contributed by atoms with Gasteiger partial charge in [-0.1, -0.05) is 35.0 Å². The van der Waals surface area contributed by atoms with Crippen molar-refractivity contribution in [1.82, 2.24) is 14.8 Å². The van der Waals surface area contributed by atoms with Crippen molar-refractivity contribution in [2.75, 3.05) is 24.8 Å². The van der Waals surface area contributed by atoms with Crippen molar-refractivity contribution in [3.8, 4) is 17.1 Å². The van der Waals surface area contributed by atoms with E-state index in [0.717, 1.165) is 36.6 Å². The minimum Gasteiger partial charge on any atom is -0.497 e. The summed E-state index contributed by atoms with van der Waals surface area (Å²) in [5.74, 6) is 1.43. The summed E-state index contributed by atoms with van der Waals surface area (Å²) >= 11 is 13.5. The summed E-state index contributed by atoms with van der Waals surface area (Å²) in [5.41, 5.74) is 1.39. The van der Waals surface area contributed by atoms with Crippen LogP contribution in [-0.4, -0.2) is 46.2 Å². The lowest BCUT2D eigenvalue weighted by atomic mass is 10.2. The highest BCUT2D eigenvalue weighted by Gasteiger charge is 2.22. The number of aromatic nitrogens is 3. The molecule has 4 rings (SSSR count). The number of nitrogens with zero attached hydrogens (tertiary/aromatic N) is 3. The molecule has 0 saturated carbocycles. The molecule has 2 aromatic carbocycles. The van der Waals surface area contributed by atoms with Crippen molar-refractivity contribution < 1.29 is 14.3 Å². The lowest BCUT2D eigenvalue weighted by molar-refractivity contribution is -0.113. The number of carbonyl (C=O) groups is 1. The molecule has 0 spiro atoms. The van der Waals surface area contributed by atoms with Crippen molar-refractivity contribution in [3.05, 3.63) is 52.5 Å². The summed E-state index contributed by atoms with van der Waals surface area (Å²) in [6.45, 7) is 1.38. The maximum absolute atomic E-state index is 12.5. The van der Waals surface area contributed by atoms with Crippen molar-refractivity contribution in [2.24, 2.45) is 0 Å². The molecule has 1 aliphatic rings. The Bertz CT molecular complexity index is 1090. The number of halogens is 2. The Labute approximate surface area is 200 Å². The van der Waals surface area contributed by atoms with Gasteiger partial charge in [0.2, 0.25) is 5.91 Å². The van der Waals surface area contributed by atoms with Crippen LogP contribution in [0.4, 0.5) is 5.69 Å². The fourth-order valence-corrected chi connectivity index (χ4v) is 4.50. The number of carbonyl (C=O) groups excluding carboxylic acids is 1. The highest BCUT2D eigenvalue weighted by Crippen LogP contribution is 2.29. The molecule has 1 amide bonds. The third kappa shape index (κ3) is 5.56. The minimum absolute atomic E-state index is 0.0986. The molecule has 0 unspecified atom stereocenters. The molecular formula is C22H22Cl2N4O3S. The molecule has 1 atom stereocenters. The Balaban J connectivity index is 1.51. The molecule has 0 radical (unpaired) electrons. The number of anilines is 1. The van der Waals surface area contributed by atoms with Gasteiger partial charge in [-0.3, -0.25) is 9.36 Å². The van der Waals surface area contributed by atoms with Crippen LogP contribution in [-0.2, 0) is 16.1 Å². The first-order chi connectivity index (χ1) is 15.5. The third-order valence-corrected chi connectivity index (χ3v) is 6.54. The van der Waals surface area contributed by atoms with Crippen LogP contribution in [0.3, 0.4) is 0 Å². The largest absolute Gasteiger partial charge is 0.497 e. The second-order valence-electron chi connectivity index (χ2n) is 7.24. The van der Waals surface area contributed by atoms with Gasteiger partial charge in [0.15, 0.2) is 11.0 Å². The van der Waals surface area contributed by atoms with Gasteiger partial charge in [0.25, 0.3) is 0 Å². The first kappa shape index (κ1) is 22.9. The number of ether oxygens (including phenoxy) is 2. The summed E-state index contributed by atoms with van der Waals surface area (Å²) in [4.78, 5) is 12.5. The molecule has 1 saturated heterocycles. The predicted molar refractivity (Wildman–Crippen MR) is 127 cm³/mol. The van der Waals surface area contributed by atoms with Gasteiger partial charge in [0.05, 0.1) is 36.2 Å². The van der Waals surface area contributed by atoms with Crippen molar-refractivity contribution in [2.45, 2.75) is 30.6 Å². The smallest absolute Gasteiger partial charge is 0.234 e. The second kappa shape index (κ2) is 10.6. The van der Waals surface area contributed by atoms with Gasteiger partial charge < -0.3 is 14.8 Å². The fourth-order valence-electron chi connectivity index (χ4n) is 3.42. The topological polar surface area (TPSA) is 78.3 Å². The van der Waals surface area contributed by atoms with E-state index >= 15 is 0 Å². The zero-order chi connectivity index (χ0) is 22.5. The SMILES string of the molecule is COc1ccc(-c2nnc(SCC(=O)Nc3cc(Cl)ccc3Cl)n2C[C@H]2CCCO2)cc1. The van der Waals surface area contributed by atoms with Crippen LogP contribution in [0.5, 0.6) is 5.75 Å². The number of amides is 1. The standard InChI is InChI=1S/C22H22Cl2N4O3S/c1-30-16-7-4-14(5-8-16)21-26-27-22(28(21)12-17-3-2-10-31-17)32-13-20(29)25-19-11-15(23)6-9-18(19)24/h4-9,11,17H,2-3,10,12-13H2,1H3,(H,25,29)/t17-/m1/s1. The highest BCUT2D eigenvalue weighted by molar-refractivity contribution is 7.99. The Morgan fingerprint density at radius 2 is 2.06 bits per heavy atom. The third-order valence-electron chi connectivity index (χ3n) is 5.01. The molecule has 0 aliphatic carbocycles. The molecule has 1 aliphatic heterocycles. The molecule has 1 fully saturated rings. The van der Waals surface area contributed by atoms with Gasteiger partial charge in [-0.25, -0.2) is 0 Å². The first-order valence-electron chi connectivity index (χ1n) is 10.1. The molecule has 3 aromatic rings. The molecule has 1 aromatic heterocycles. The summed E-state index contributed by atoms with van der Waals surface area (Å²) in [7, 11) is 1.63. The van der Waals surface area contributed by atoms with Crippen LogP contribution in [0, 0.1) is 0 Å². The van der Waals surface area contributed by atoms with Gasteiger partial charge in [-0.05, 0) is 55.3 Å². The number of thioether (sulfide) groups is 1. The maximum atomic E-state index is 12.5. The zero-order valence-electron chi connectivity index (χ0n) is 17.4. The first-order valence-corrected chi connectivity index (χ1v) is 11.8. The highest BCUT2D eigenvalue weighted by atomic mass is 35.5. The Morgan fingerprint density at radius 3 is 2.78 bits per heavy atom.